The number of carbonyl (C=O) groups excluding carboxylic acids is 1. The van der Waals surface area contributed by atoms with Gasteiger partial charge in [-0.25, -0.2) is 9.59 Å². The minimum atomic E-state index is -0.789. The first-order valence-corrected chi connectivity index (χ1v) is 9.23. The number of aliphatic hydroxyl groups is 1. The lowest BCUT2D eigenvalue weighted by atomic mass is 9.95. The van der Waals surface area contributed by atoms with Crippen LogP contribution in [0, 0.1) is 0 Å². The molecule has 150 valence electrons. The van der Waals surface area contributed by atoms with Gasteiger partial charge in [0.1, 0.15) is 11.3 Å². The highest BCUT2D eigenvalue weighted by atomic mass is 16.5. The van der Waals surface area contributed by atoms with Gasteiger partial charge in [-0.1, -0.05) is 24.3 Å². The molecule has 4 aromatic rings. The number of hydrogen-bond donors (Lipinski definition) is 1. The number of hydrogen-bond acceptors (Lipinski definition) is 7. The Labute approximate surface area is 170 Å². The monoisotopic (exact) mass is 403 g/mol. The second-order valence-corrected chi connectivity index (χ2v) is 6.28. The molecule has 0 aliphatic carbocycles. The number of carbonyl (C=O) groups is 1. The summed E-state index contributed by atoms with van der Waals surface area (Å²) in [5.41, 5.74) is -0.260. The number of nitrogens with zero attached hydrogens (tertiary/aromatic N) is 1. The van der Waals surface area contributed by atoms with Crippen LogP contribution in [0.4, 0.5) is 0 Å². The van der Waals surface area contributed by atoms with Crippen LogP contribution >= 0.6 is 0 Å². The van der Waals surface area contributed by atoms with E-state index in [4.69, 9.17) is 13.6 Å². The van der Waals surface area contributed by atoms with E-state index in [0.717, 1.165) is 0 Å². The van der Waals surface area contributed by atoms with Crippen LogP contribution in [0.1, 0.15) is 18.2 Å². The summed E-state index contributed by atoms with van der Waals surface area (Å²) in [6.07, 6.45) is 2.91. The van der Waals surface area contributed by atoms with Crippen molar-refractivity contribution in [2.75, 3.05) is 6.61 Å². The van der Waals surface area contributed by atoms with Crippen molar-refractivity contribution in [1.29, 1.82) is 0 Å². The van der Waals surface area contributed by atoms with Crippen LogP contribution in [0.25, 0.3) is 33.6 Å². The number of aliphatic hydroxyl groups excluding tert-OH is 1. The van der Waals surface area contributed by atoms with Crippen LogP contribution in [-0.2, 0) is 9.53 Å². The van der Waals surface area contributed by atoms with Gasteiger partial charge in [-0.15, -0.1) is 0 Å². The van der Waals surface area contributed by atoms with E-state index >= 15 is 0 Å². The highest BCUT2D eigenvalue weighted by molar-refractivity contribution is 6.27. The van der Waals surface area contributed by atoms with Crippen LogP contribution in [0.2, 0.25) is 0 Å². The molecule has 0 bridgehead atoms. The summed E-state index contributed by atoms with van der Waals surface area (Å²) in [5.74, 6) is -1.11. The molecule has 0 aliphatic heterocycles. The number of fused-ring (bicyclic) bond motifs is 1. The van der Waals surface area contributed by atoms with Gasteiger partial charge in [0.05, 0.1) is 18.3 Å². The third-order valence-corrected chi connectivity index (χ3v) is 4.46. The van der Waals surface area contributed by atoms with Crippen molar-refractivity contribution in [3.05, 3.63) is 88.8 Å². The highest BCUT2D eigenvalue weighted by Gasteiger charge is 2.29. The zero-order chi connectivity index (χ0) is 21.1. The molecule has 3 heterocycles. The Morgan fingerprint density at radius 1 is 1.07 bits per heavy atom. The Kier molecular flexibility index (Phi) is 5.17. The maximum absolute atomic E-state index is 13.0. The molecule has 0 saturated carbocycles. The van der Waals surface area contributed by atoms with Gasteiger partial charge >= 0.3 is 11.6 Å². The second-order valence-electron chi connectivity index (χ2n) is 6.28. The molecular formula is C23H17NO6. The van der Waals surface area contributed by atoms with E-state index in [1.165, 1.54) is 18.5 Å². The van der Waals surface area contributed by atoms with Gasteiger partial charge < -0.3 is 18.7 Å². The Hall–Kier alpha value is -4.13. The van der Waals surface area contributed by atoms with Crippen LogP contribution in [0.3, 0.4) is 0 Å². The van der Waals surface area contributed by atoms with Crippen molar-refractivity contribution in [3.63, 3.8) is 0 Å². The molecule has 1 N–H and O–H groups in total. The summed E-state index contributed by atoms with van der Waals surface area (Å²) in [5, 5.41) is 11.6. The molecule has 0 aliphatic rings. The summed E-state index contributed by atoms with van der Waals surface area (Å²) in [6, 6.07) is 14.8. The average molecular weight is 403 g/mol. The molecule has 0 unspecified atom stereocenters. The maximum Gasteiger partial charge on any atom is 0.344 e. The van der Waals surface area contributed by atoms with Gasteiger partial charge in [0.25, 0.3) is 0 Å². The van der Waals surface area contributed by atoms with Gasteiger partial charge in [-0.05, 0) is 37.3 Å². The summed E-state index contributed by atoms with van der Waals surface area (Å²) in [4.78, 5) is 29.9. The predicted molar refractivity (Wildman–Crippen MR) is 110 cm³/mol. The van der Waals surface area contributed by atoms with Crippen molar-refractivity contribution in [2.24, 2.45) is 0 Å². The summed E-state index contributed by atoms with van der Waals surface area (Å²) >= 11 is 0. The number of furan rings is 1. The second kappa shape index (κ2) is 8.08. The number of esters is 1. The van der Waals surface area contributed by atoms with Crippen LogP contribution < -0.4 is 5.63 Å². The smallest absolute Gasteiger partial charge is 0.344 e. The fraction of sp³-hybridized carbons (Fsp3) is 0.0870. The lowest BCUT2D eigenvalue weighted by molar-refractivity contribution is -0.136. The first-order valence-electron chi connectivity index (χ1n) is 9.23. The van der Waals surface area contributed by atoms with E-state index in [1.807, 2.05) is 0 Å². The van der Waals surface area contributed by atoms with Crippen molar-refractivity contribution in [2.45, 2.75) is 6.92 Å². The number of benzene rings is 1. The van der Waals surface area contributed by atoms with E-state index in [9.17, 15) is 14.7 Å². The molecule has 0 radical (unpaired) electrons. The predicted octanol–water partition coefficient (Wildman–Crippen LogP) is 4.44. The molecule has 0 fully saturated rings. The third kappa shape index (κ3) is 3.37. The molecule has 0 atom stereocenters. The topological polar surface area (TPSA) is 103 Å². The van der Waals surface area contributed by atoms with Crippen LogP contribution in [0.5, 0.6) is 0 Å². The zero-order valence-electron chi connectivity index (χ0n) is 16.0. The number of ether oxygens (including phenoxy) is 1. The Bertz CT molecular complexity index is 1290. The quantitative estimate of drug-likeness (QED) is 0.298. The van der Waals surface area contributed by atoms with E-state index < -0.39 is 17.4 Å². The zero-order valence-corrected chi connectivity index (χ0v) is 16.0. The molecule has 0 amide bonds. The maximum atomic E-state index is 13.0. The molecule has 7 nitrogen and oxygen atoms in total. The molecule has 1 aromatic carbocycles. The van der Waals surface area contributed by atoms with Crippen LogP contribution in [-0.4, -0.2) is 22.7 Å². The largest absolute Gasteiger partial charge is 0.504 e. The van der Waals surface area contributed by atoms with Gasteiger partial charge in [0.15, 0.2) is 17.3 Å². The van der Waals surface area contributed by atoms with E-state index in [0.29, 0.717) is 11.1 Å². The highest BCUT2D eigenvalue weighted by Crippen LogP contribution is 2.36. The SMILES string of the molecule is CCOC(=O)/C(=C(/O)c1ccco1)c1c(-c2ccccn2)oc(=O)c2ccccc12. The van der Waals surface area contributed by atoms with Gasteiger partial charge in [-0.3, -0.25) is 4.98 Å². The molecule has 0 saturated heterocycles. The summed E-state index contributed by atoms with van der Waals surface area (Å²) in [7, 11) is 0. The van der Waals surface area contributed by atoms with Crippen molar-refractivity contribution in [3.8, 4) is 11.5 Å². The van der Waals surface area contributed by atoms with Gasteiger partial charge in [-0.2, -0.15) is 0 Å². The number of aromatic nitrogens is 1. The van der Waals surface area contributed by atoms with E-state index in [1.54, 1.807) is 55.5 Å². The first kappa shape index (κ1) is 19.2. The van der Waals surface area contributed by atoms with Crippen molar-refractivity contribution in [1.82, 2.24) is 4.98 Å². The Balaban J connectivity index is 2.16. The standard InChI is InChI=1S/C23H17NO6/c1-2-28-23(27)19(20(25)17-11-7-13-29-17)18-14-8-3-4-9-15(14)22(26)30-21(18)16-10-5-6-12-24-16/h3-13,25H,2H2,1H3/b20-19+. The average Bonchev–Trinajstić information content (AvgIpc) is 3.31. The summed E-state index contributed by atoms with van der Waals surface area (Å²) in [6.45, 7) is 1.74. The van der Waals surface area contributed by atoms with E-state index in [2.05, 4.69) is 4.98 Å². The molecule has 7 heteroatoms. The lowest BCUT2D eigenvalue weighted by Gasteiger charge is -2.15. The summed E-state index contributed by atoms with van der Waals surface area (Å²) < 4.78 is 16.1. The van der Waals surface area contributed by atoms with E-state index in [-0.39, 0.29) is 34.7 Å². The minimum absolute atomic E-state index is 0.0421. The lowest BCUT2D eigenvalue weighted by Crippen LogP contribution is -2.13. The van der Waals surface area contributed by atoms with Gasteiger partial charge in [0, 0.05) is 17.1 Å². The molecule has 4 rings (SSSR count). The number of rotatable bonds is 5. The normalized spacial score (nSPS) is 11.9. The fourth-order valence-electron chi connectivity index (χ4n) is 3.18. The Morgan fingerprint density at radius 2 is 1.83 bits per heavy atom. The third-order valence-electron chi connectivity index (χ3n) is 4.46. The first-order chi connectivity index (χ1) is 14.6. The minimum Gasteiger partial charge on any atom is -0.504 e. The Morgan fingerprint density at radius 3 is 2.50 bits per heavy atom. The van der Waals surface area contributed by atoms with Crippen molar-refractivity contribution >= 4 is 28.1 Å². The van der Waals surface area contributed by atoms with Gasteiger partial charge in [0.2, 0.25) is 0 Å². The molecule has 0 spiro atoms. The molecule has 3 aromatic heterocycles. The van der Waals surface area contributed by atoms with Crippen LogP contribution in [0.15, 0.2) is 80.7 Å². The fourth-order valence-corrected chi connectivity index (χ4v) is 3.18. The molecule has 30 heavy (non-hydrogen) atoms. The molecular weight excluding hydrogens is 386 g/mol. The van der Waals surface area contributed by atoms with Crippen molar-refractivity contribution < 1.29 is 23.5 Å². The number of pyridine rings is 1.